The van der Waals surface area contributed by atoms with Crippen molar-refractivity contribution in [3.63, 3.8) is 0 Å². The lowest BCUT2D eigenvalue weighted by Crippen LogP contribution is -2.27. The van der Waals surface area contributed by atoms with Gasteiger partial charge in [-0.3, -0.25) is 9.36 Å². The van der Waals surface area contributed by atoms with E-state index in [9.17, 15) is 14.7 Å². The summed E-state index contributed by atoms with van der Waals surface area (Å²) in [6.07, 6.45) is 0. The number of carbonyl (C=O) groups excluding carboxylic acids is 1. The Bertz CT molecular complexity index is 1030. The number of esters is 1. The van der Waals surface area contributed by atoms with Crippen LogP contribution in [0.15, 0.2) is 47.3 Å². The summed E-state index contributed by atoms with van der Waals surface area (Å²) < 4.78 is 6.43. The molecule has 5 nitrogen and oxygen atoms in total. The third-order valence-electron chi connectivity index (χ3n) is 4.35. The van der Waals surface area contributed by atoms with Gasteiger partial charge in [0.15, 0.2) is 5.56 Å². The van der Waals surface area contributed by atoms with E-state index in [1.165, 1.54) is 4.57 Å². The number of aryl methyl sites for hydroxylation is 1. The lowest BCUT2D eigenvalue weighted by atomic mass is 10.1. The van der Waals surface area contributed by atoms with Gasteiger partial charge in [0.2, 0.25) is 0 Å². The predicted octanol–water partition coefficient (Wildman–Crippen LogP) is 3.49. The molecule has 0 aliphatic rings. The van der Waals surface area contributed by atoms with Crippen molar-refractivity contribution in [3.8, 4) is 11.4 Å². The standard InChI is InChI=1S/C20H19NO4/c1-4-25-20(24)17-18(22)14-9-5-6-10-16(14)21(19(17)23)15-11-7-8-12(2)13(15)3/h5-11,22H,4H2,1-3H3. The summed E-state index contributed by atoms with van der Waals surface area (Å²) >= 11 is 0. The monoisotopic (exact) mass is 337 g/mol. The zero-order valence-corrected chi connectivity index (χ0v) is 14.4. The van der Waals surface area contributed by atoms with E-state index in [1.54, 1.807) is 31.2 Å². The highest BCUT2D eigenvalue weighted by molar-refractivity contribution is 6.00. The SMILES string of the molecule is CCOC(=O)c1c(O)c2ccccc2n(-c2cccc(C)c2C)c1=O. The molecule has 0 bridgehead atoms. The van der Waals surface area contributed by atoms with Crippen LogP contribution in [0.4, 0.5) is 0 Å². The fourth-order valence-corrected chi connectivity index (χ4v) is 2.93. The van der Waals surface area contributed by atoms with Crippen molar-refractivity contribution in [1.82, 2.24) is 4.57 Å². The maximum Gasteiger partial charge on any atom is 0.347 e. The number of hydrogen-bond donors (Lipinski definition) is 1. The van der Waals surface area contributed by atoms with Crippen LogP contribution >= 0.6 is 0 Å². The second-order valence-corrected chi connectivity index (χ2v) is 5.82. The van der Waals surface area contributed by atoms with Crippen LogP contribution in [0.5, 0.6) is 5.75 Å². The highest BCUT2D eigenvalue weighted by Crippen LogP contribution is 2.29. The average Bonchev–Trinajstić information content (AvgIpc) is 2.59. The van der Waals surface area contributed by atoms with Crippen molar-refractivity contribution in [2.45, 2.75) is 20.8 Å². The van der Waals surface area contributed by atoms with Crippen LogP contribution in [0.1, 0.15) is 28.4 Å². The molecule has 3 aromatic rings. The smallest absolute Gasteiger partial charge is 0.347 e. The van der Waals surface area contributed by atoms with Crippen LogP contribution in [0, 0.1) is 13.8 Å². The van der Waals surface area contributed by atoms with Gasteiger partial charge in [-0.1, -0.05) is 24.3 Å². The molecule has 0 radical (unpaired) electrons. The number of rotatable bonds is 3. The molecule has 2 aromatic carbocycles. The lowest BCUT2D eigenvalue weighted by Gasteiger charge is -2.17. The molecule has 0 aliphatic heterocycles. The van der Waals surface area contributed by atoms with Crippen molar-refractivity contribution in [3.05, 3.63) is 69.5 Å². The Kier molecular flexibility index (Phi) is 4.31. The first-order valence-electron chi connectivity index (χ1n) is 8.07. The molecule has 25 heavy (non-hydrogen) atoms. The summed E-state index contributed by atoms with van der Waals surface area (Å²) in [5.74, 6) is -1.17. The summed E-state index contributed by atoms with van der Waals surface area (Å²) in [6.45, 7) is 5.65. The van der Waals surface area contributed by atoms with Crippen molar-refractivity contribution in [1.29, 1.82) is 0 Å². The largest absolute Gasteiger partial charge is 0.506 e. The van der Waals surface area contributed by atoms with E-state index in [0.29, 0.717) is 16.6 Å². The number of hydrogen-bond acceptors (Lipinski definition) is 4. The number of ether oxygens (including phenoxy) is 1. The van der Waals surface area contributed by atoms with Crippen LogP contribution in [0.3, 0.4) is 0 Å². The molecule has 1 N–H and O–H groups in total. The molecule has 0 unspecified atom stereocenters. The molecular formula is C20H19NO4. The van der Waals surface area contributed by atoms with E-state index in [4.69, 9.17) is 4.74 Å². The van der Waals surface area contributed by atoms with E-state index in [-0.39, 0.29) is 17.9 Å². The molecule has 0 aliphatic carbocycles. The number of aromatic hydroxyl groups is 1. The minimum absolute atomic E-state index is 0.119. The summed E-state index contributed by atoms with van der Waals surface area (Å²) in [5.41, 5.74) is 2.22. The third kappa shape index (κ3) is 2.67. The van der Waals surface area contributed by atoms with Crippen molar-refractivity contribution < 1.29 is 14.6 Å². The topological polar surface area (TPSA) is 68.5 Å². The van der Waals surface area contributed by atoms with Crippen LogP contribution in [0.2, 0.25) is 0 Å². The van der Waals surface area contributed by atoms with Gasteiger partial charge in [-0.25, -0.2) is 4.79 Å². The molecule has 5 heteroatoms. The predicted molar refractivity (Wildman–Crippen MR) is 96.6 cm³/mol. The average molecular weight is 337 g/mol. The van der Waals surface area contributed by atoms with Gasteiger partial charge in [0, 0.05) is 5.39 Å². The maximum absolute atomic E-state index is 13.1. The van der Waals surface area contributed by atoms with Crippen LogP contribution in [0.25, 0.3) is 16.6 Å². The first kappa shape index (κ1) is 16.8. The fraction of sp³-hybridized carbons (Fsp3) is 0.200. The molecule has 0 spiro atoms. The molecule has 0 amide bonds. The molecule has 128 valence electrons. The zero-order chi connectivity index (χ0) is 18.1. The minimum Gasteiger partial charge on any atom is -0.506 e. The third-order valence-corrected chi connectivity index (χ3v) is 4.35. The van der Waals surface area contributed by atoms with Gasteiger partial charge < -0.3 is 9.84 Å². The Morgan fingerprint density at radius 2 is 1.84 bits per heavy atom. The molecular weight excluding hydrogens is 318 g/mol. The number of para-hydroxylation sites is 1. The van der Waals surface area contributed by atoms with Crippen LogP contribution < -0.4 is 5.56 Å². The lowest BCUT2D eigenvalue weighted by molar-refractivity contribution is 0.0521. The highest BCUT2D eigenvalue weighted by Gasteiger charge is 2.24. The molecule has 0 fully saturated rings. The van der Waals surface area contributed by atoms with Crippen LogP contribution in [-0.4, -0.2) is 22.2 Å². The molecule has 0 saturated carbocycles. The highest BCUT2D eigenvalue weighted by atomic mass is 16.5. The van der Waals surface area contributed by atoms with Gasteiger partial charge >= 0.3 is 5.97 Å². The molecule has 0 atom stereocenters. The van der Waals surface area contributed by atoms with E-state index in [2.05, 4.69) is 0 Å². The van der Waals surface area contributed by atoms with Crippen molar-refractivity contribution in [2.75, 3.05) is 6.61 Å². The van der Waals surface area contributed by atoms with Crippen LogP contribution in [-0.2, 0) is 4.74 Å². The Morgan fingerprint density at radius 1 is 1.12 bits per heavy atom. The van der Waals surface area contributed by atoms with Crippen molar-refractivity contribution in [2.24, 2.45) is 0 Å². The Morgan fingerprint density at radius 3 is 2.56 bits per heavy atom. The molecule has 0 saturated heterocycles. The van der Waals surface area contributed by atoms with Gasteiger partial charge in [-0.15, -0.1) is 0 Å². The van der Waals surface area contributed by atoms with Gasteiger partial charge in [0.25, 0.3) is 5.56 Å². The number of carbonyl (C=O) groups is 1. The first-order chi connectivity index (χ1) is 12.0. The van der Waals surface area contributed by atoms with Gasteiger partial charge in [0.1, 0.15) is 5.75 Å². The zero-order valence-electron chi connectivity index (χ0n) is 14.4. The normalized spacial score (nSPS) is 10.8. The first-order valence-corrected chi connectivity index (χ1v) is 8.07. The number of nitrogens with zero attached hydrogens (tertiary/aromatic N) is 1. The van der Waals surface area contributed by atoms with Gasteiger partial charge in [0.05, 0.1) is 17.8 Å². The quantitative estimate of drug-likeness (QED) is 0.743. The summed E-state index contributed by atoms with van der Waals surface area (Å²) in [4.78, 5) is 25.4. The molecule has 1 aromatic heterocycles. The number of aromatic nitrogens is 1. The van der Waals surface area contributed by atoms with Gasteiger partial charge in [-0.2, -0.15) is 0 Å². The van der Waals surface area contributed by atoms with E-state index < -0.39 is 11.5 Å². The number of benzene rings is 2. The number of fused-ring (bicyclic) bond motifs is 1. The summed E-state index contributed by atoms with van der Waals surface area (Å²) in [6, 6.07) is 12.6. The summed E-state index contributed by atoms with van der Waals surface area (Å²) in [7, 11) is 0. The van der Waals surface area contributed by atoms with E-state index in [1.807, 2.05) is 32.0 Å². The second kappa shape index (κ2) is 6.43. The Balaban J connectivity index is 2.48. The Hall–Kier alpha value is -3.08. The Labute approximate surface area is 145 Å². The minimum atomic E-state index is -0.824. The number of pyridine rings is 1. The van der Waals surface area contributed by atoms with E-state index in [0.717, 1.165) is 11.1 Å². The molecule has 3 rings (SSSR count). The molecule has 1 heterocycles. The maximum atomic E-state index is 13.1. The summed E-state index contributed by atoms with van der Waals surface area (Å²) in [5, 5.41) is 10.9. The van der Waals surface area contributed by atoms with Gasteiger partial charge in [-0.05, 0) is 50.1 Å². The van der Waals surface area contributed by atoms with Crippen molar-refractivity contribution >= 4 is 16.9 Å². The second-order valence-electron chi connectivity index (χ2n) is 5.82. The van der Waals surface area contributed by atoms with E-state index >= 15 is 0 Å². The fourth-order valence-electron chi connectivity index (χ4n) is 2.93.